The third-order valence-electron chi connectivity index (χ3n) is 4.43. The summed E-state index contributed by atoms with van der Waals surface area (Å²) in [6, 6.07) is 9.94. The van der Waals surface area contributed by atoms with Crippen molar-refractivity contribution < 1.29 is 14.3 Å². The Morgan fingerprint density at radius 1 is 1.18 bits per heavy atom. The largest absolute Gasteiger partial charge is 0.454 e. The molecule has 4 aromatic rings. The molecule has 5 rings (SSSR count). The van der Waals surface area contributed by atoms with Gasteiger partial charge in [-0.25, -0.2) is 0 Å². The maximum absolute atomic E-state index is 12.9. The van der Waals surface area contributed by atoms with E-state index in [1.165, 1.54) is 15.3 Å². The Labute approximate surface area is 162 Å². The number of ether oxygens (including phenoxy) is 2. The monoisotopic (exact) mass is 397 g/mol. The number of halogens is 1. The Hall–Kier alpha value is -3.59. The lowest BCUT2D eigenvalue weighted by Crippen LogP contribution is -2.29. The molecular weight excluding hydrogens is 386 g/mol. The van der Waals surface area contributed by atoms with E-state index in [0.717, 1.165) is 0 Å². The predicted molar refractivity (Wildman–Crippen MR) is 101 cm³/mol. The molecule has 0 bridgehead atoms. The average molecular weight is 398 g/mol. The summed E-state index contributed by atoms with van der Waals surface area (Å²) in [7, 11) is 0. The van der Waals surface area contributed by atoms with Crippen LogP contribution in [0, 0.1) is 0 Å². The number of rotatable bonds is 3. The Balaban J connectivity index is 1.51. The van der Waals surface area contributed by atoms with Gasteiger partial charge in [0.25, 0.3) is 5.56 Å². The summed E-state index contributed by atoms with van der Waals surface area (Å²) in [5.74, 6) is 0.798. The molecule has 0 saturated carbocycles. The lowest BCUT2D eigenvalue weighted by molar-refractivity contribution is -0.116. The standard InChI is InChI=1S/C18H12ClN5O4/c19-10-1-3-12-13(5-10)24-17(7-20-22-24)23(18(12)26)8-16(25)21-11-2-4-14-15(6-11)28-9-27-14/h1-7H,8-9H2,(H,21,25). The van der Waals surface area contributed by atoms with Gasteiger partial charge in [0.1, 0.15) is 6.54 Å². The molecule has 1 amide bonds. The van der Waals surface area contributed by atoms with E-state index < -0.39 is 0 Å². The normalized spacial score (nSPS) is 12.6. The molecule has 28 heavy (non-hydrogen) atoms. The van der Waals surface area contributed by atoms with Gasteiger partial charge in [-0.1, -0.05) is 16.8 Å². The molecule has 1 aliphatic heterocycles. The lowest BCUT2D eigenvalue weighted by Gasteiger charge is -2.11. The second-order valence-corrected chi connectivity index (χ2v) is 6.61. The Kier molecular flexibility index (Phi) is 3.69. The summed E-state index contributed by atoms with van der Waals surface area (Å²) < 4.78 is 13.4. The van der Waals surface area contributed by atoms with Crippen LogP contribution in [0.3, 0.4) is 0 Å². The van der Waals surface area contributed by atoms with E-state index in [9.17, 15) is 9.59 Å². The van der Waals surface area contributed by atoms with E-state index >= 15 is 0 Å². The Morgan fingerprint density at radius 3 is 2.93 bits per heavy atom. The molecule has 9 nitrogen and oxygen atoms in total. The number of anilines is 1. The highest BCUT2D eigenvalue weighted by atomic mass is 35.5. The molecule has 1 N–H and O–H groups in total. The SMILES string of the molecule is O=C(Cn1c(=O)c2ccc(Cl)cc2n2nncc12)Nc1ccc2c(c1)OCO2. The van der Waals surface area contributed by atoms with Gasteiger partial charge in [-0.15, -0.1) is 5.10 Å². The molecule has 2 aromatic carbocycles. The van der Waals surface area contributed by atoms with Gasteiger partial charge in [-0.3, -0.25) is 14.2 Å². The van der Waals surface area contributed by atoms with Crippen molar-refractivity contribution in [3.05, 3.63) is 58.0 Å². The fraction of sp³-hybridized carbons (Fsp3) is 0.111. The minimum Gasteiger partial charge on any atom is -0.454 e. The number of amides is 1. The van der Waals surface area contributed by atoms with E-state index in [-0.39, 0.29) is 24.8 Å². The number of carbonyl (C=O) groups excluding carboxylic acids is 1. The van der Waals surface area contributed by atoms with Crippen molar-refractivity contribution in [3.63, 3.8) is 0 Å². The van der Waals surface area contributed by atoms with Crippen molar-refractivity contribution >= 4 is 39.7 Å². The second kappa shape index (κ2) is 6.24. The Bertz CT molecular complexity index is 1310. The molecule has 140 valence electrons. The van der Waals surface area contributed by atoms with Gasteiger partial charge in [0.2, 0.25) is 12.7 Å². The van der Waals surface area contributed by atoms with Crippen LogP contribution in [0.5, 0.6) is 11.5 Å². The quantitative estimate of drug-likeness (QED) is 0.568. The number of aromatic nitrogens is 4. The Morgan fingerprint density at radius 2 is 2.04 bits per heavy atom. The van der Waals surface area contributed by atoms with E-state index in [1.807, 2.05) is 0 Å². The average Bonchev–Trinajstić information content (AvgIpc) is 3.34. The van der Waals surface area contributed by atoms with Gasteiger partial charge in [0.15, 0.2) is 17.1 Å². The maximum Gasteiger partial charge on any atom is 0.262 e. The fourth-order valence-electron chi connectivity index (χ4n) is 3.17. The summed E-state index contributed by atoms with van der Waals surface area (Å²) in [6.45, 7) is -0.0574. The fourth-order valence-corrected chi connectivity index (χ4v) is 3.33. The molecule has 0 spiro atoms. The summed E-state index contributed by atoms with van der Waals surface area (Å²) >= 11 is 6.04. The molecule has 0 atom stereocenters. The first-order valence-corrected chi connectivity index (χ1v) is 8.70. The minimum atomic E-state index is -0.377. The molecule has 0 aliphatic carbocycles. The van der Waals surface area contributed by atoms with Crippen LogP contribution in [-0.2, 0) is 11.3 Å². The number of fused-ring (bicyclic) bond motifs is 4. The first-order valence-electron chi connectivity index (χ1n) is 8.32. The van der Waals surface area contributed by atoms with Crippen molar-refractivity contribution in [2.45, 2.75) is 6.54 Å². The molecule has 10 heteroatoms. The van der Waals surface area contributed by atoms with Crippen molar-refractivity contribution in [3.8, 4) is 11.5 Å². The predicted octanol–water partition coefficient (Wildman–Crippen LogP) is 2.06. The number of hydrogen-bond donors (Lipinski definition) is 1. The number of nitrogens with one attached hydrogen (secondary N) is 1. The maximum atomic E-state index is 12.9. The lowest BCUT2D eigenvalue weighted by atomic mass is 10.2. The van der Waals surface area contributed by atoms with Gasteiger partial charge in [0, 0.05) is 16.8 Å². The van der Waals surface area contributed by atoms with Crippen molar-refractivity contribution in [1.82, 2.24) is 19.4 Å². The van der Waals surface area contributed by atoms with Gasteiger partial charge in [-0.2, -0.15) is 4.52 Å². The minimum absolute atomic E-state index is 0.148. The second-order valence-electron chi connectivity index (χ2n) is 6.17. The zero-order valence-electron chi connectivity index (χ0n) is 14.3. The summed E-state index contributed by atoms with van der Waals surface area (Å²) in [5.41, 5.74) is 1.12. The van der Waals surface area contributed by atoms with Crippen LogP contribution < -0.4 is 20.3 Å². The molecule has 3 heterocycles. The van der Waals surface area contributed by atoms with Crippen LogP contribution in [0.15, 0.2) is 47.4 Å². The van der Waals surface area contributed by atoms with Gasteiger partial charge >= 0.3 is 0 Å². The smallest absolute Gasteiger partial charge is 0.262 e. The van der Waals surface area contributed by atoms with Gasteiger partial charge in [-0.05, 0) is 30.3 Å². The third kappa shape index (κ3) is 2.64. The van der Waals surface area contributed by atoms with Crippen LogP contribution in [0.4, 0.5) is 5.69 Å². The first-order chi connectivity index (χ1) is 13.6. The highest BCUT2D eigenvalue weighted by Crippen LogP contribution is 2.34. The van der Waals surface area contributed by atoms with Crippen molar-refractivity contribution in [2.24, 2.45) is 0 Å². The molecule has 0 radical (unpaired) electrons. The van der Waals surface area contributed by atoms with E-state index in [4.69, 9.17) is 21.1 Å². The number of carbonyl (C=O) groups is 1. The van der Waals surface area contributed by atoms with Gasteiger partial charge in [0.05, 0.1) is 17.1 Å². The van der Waals surface area contributed by atoms with Crippen LogP contribution in [0.1, 0.15) is 0 Å². The molecule has 1 aliphatic rings. The van der Waals surface area contributed by atoms with Crippen LogP contribution >= 0.6 is 11.6 Å². The zero-order valence-corrected chi connectivity index (χ0v) is 15.0. The molecule has 2 aromatic heterocycles. The highest BCUT2D eigenvalue weighted by Gasteiger charge is 2.17. The highest BCUT2D eigenvalue weighted by molar-refractivity contribution is 6.31. The van der Waals surface area contributed by atoms with E-state index in [1.54, 1.807) is 36.4 Å². The molecular formula is C18H12ClN5O4. The molecule has 0 saturated heterocycles. The van der Waals surface area contributed by atoms with Gasteiger partial charge < -0.3 is 14.8 Å². The third-order valence-corrected chi connectivity index (χ3v) is 4.66. The molecule has 0 fully saturated rings. The van der Waals surface area contributed by atoms with E-state index in [0.29, 0.717) is 38.8 Å². The van der Waals surface area contributed by atoms with E-state index in [2.05, 4.69) is 15.6 Å². The van der Waals surface area contributed by atoms with Crippen LogP contribution in [-0.4, -0.2) is 32.1 Å². The summed E-state index contributed by atoms with van der Waals surface area (Å²) in [6.07, 6.45) is 1.43. The topological polar surface area (TPSA) is 99.8 Å². The molecule has 0 unspecified atom stereocenters. The van der Waals surface area contributed by atoms with Crippen molar-refractivity contribution in [1.29, 1.82) is 0 Å². The zero-order chi connectivity index (χ0) is 19.3. The number of hydrogen-bond acceptors (Lipinski definition) is 6. The van der Waals surface area contributed by atoms with Crippen molar-refractivity contribution in [2.75, 3.05) is 12.1 Å². The number of nitrogens with zero attached hydrogens (tertiary/aromatic N) is 4. The summed E-state index contributed by atoms with van der Waals surface area (Å²) in [4.78, 5) is 25.5. The van der Waals surface area contributed by atoms with Crippen LogP contribution in [0.25, 0.3) is 16.6 Å². The number of benzene rings is 2. The first kappa shape index (κ1) is 16.6. The summed E-state index contributed by atoms with van der Waals surface area (Å²) in [5, 5.41) is 11.5. The van der Waals surface area contributed by atoms with Crippen LogP contribution in [0.2, 0.25) is 5.02 Å².